The molecule has 0 heterocycles. The molecule has 1 aromatic rings. The van der Waals surface area contributed by atoms with E-state index in [1.165, 1.54) is 24.3 Å². The summed E-state index contributed by atoms with van der Waals surface area (Å²) in [6.45, 7) is 5.41. The van der Waals surface area contributed by atoms with Gasteiger partial charge in [-0.3, -0.25) is 4.79 Å². The topological polar surface area (TPSA) is 70.2 Å². The fourth-order valence-electron chi connectivity index (χ4n) is 1.62. The number of urea groups is 1. The van der Waals surface area contributed by atoms with E-state index in [1.807, 2.05) is 13.8 Å². The summed E-state index contributed by atoms with van der Waals surface area (Å²) in [6.07, 6.45) is 0.799. The molecule has 0 saturated heterocycles. The number of hydrogen-bond donors (Lipinski definition) is 3. The van der Waals surface area contributed by atoms with Gasteiger partial charge in [0.15, 0.2) is 0 Å². The second-order valence-corrected chi connectivity index (χ2v) is 6.10. The Hall–Kier alpha value is -1.83. The molecule has 0 spiro atoms. The molecule has 5 nitrogen and oxygen atoms in total. The number of thioether (sulfide) groups is 1. The highest BCUT2D eigenvalue weighted by atomic mass is 32.2. The predicted molar refractivity (Wildman–Crippen MR) is 87.8 cm³/mol. The van der Waals surface area contributed by atoms with Gasteiger partial charge in [0, 0.05) is 16.6 Å². The summed E-state index contributed by atoms with van der Waals surface area (Å²) in [6, 6.07) is 4.85. The Balaban J connectivity index is 2.48. The molecule has 0 saturated carbocycles. The van der Waals surface area contributed by atoms with Crippen molar-refractivity contribution in [2.75, 3.05) is 5.32 Å². The fourth-order valence-corrected chi connectivity index (χ4v) is 2.12. The van der Waals surface area contributed by atoms with Crippen LogP contribution in [0.4, 0.5) is 19.3 Å². The minimum Gasteiger partial charge on any atom is -0.352 e. The van der Waals surface area contributed by atoms with Gasteiger partial charge in [0.1, 0.15) is 6.04 Å². The van der Waals surface area contributed by atoms with Crippen LogP contribution >= 0.6 is 11.8 Å². The van der Waals surface area contributed by atoms with Crippen LogP contribution in [0.5, 0.6) is 0 Å². The average Bonchev–Trinajstić information content (AvgIpc) is 2.48. The van der Waals surface area contributed by atoms with Crippen molar-refractivity contribution >= 4 is 29.4 Å². The van der Waals surface area contributed by atoms with Gasteiger partial charge in [0.25, 0.3) is 5.76 Å². The maximum Gasteiger partial charge on any atom is 0.319 e. The van der Waals surface area contributed by atoms with Gasteiger partial charge in [-0.2, -0.15) is 8.78 Å². The summed E-state index contributed by atoms with van der Waals surface area (Å²) in [5.41, 5.74) is 0.454. The Morgan fingerprint density at radius 1 is 1.13 bits per heavy atom. The number of alkyl halides is 2. The van der Waals surface area contributed by atoms with Gasteiger partial charge in [-0.1, -0.05) is 18.7 Å². The van der Waals surface area contributed by atoms with E-state index >= 15 is 0 Å². The highest BCUT2D eigenvalue weighted by Crippen LogP contribution is 2.26. The Bertz CT molecular complexity index is 526. The van der Waals surface area contributed by atoms with Gasteiger partial charge in [-0.15, -0.1) is 0 Å². The quantitative estimate of drug-likeness (QED) is 0.663. The molecule has 0 bridgehead atoms. The Morgan fingerprint density at radius 3 is 2.26 bits per heavy atom. The number of carbonyl (C=O) groups excluding carboxylic acids is 2. The molecule has 0 aliphatic heterocycles. The minimum atomic E-state index is -2.48. The van der Waals surface area contributed by atoms with Crippen molar-refractivity contribution in [1.82, 2.24) is 10.6 Å². The Morgan fingerprint density at radius 2 is 1.74 bits per heavy atom. The van der Waals surface area contributed by atoms with Gasteiger partial charge in [0.2, 0.25) is 5.91 Å². The van der Waals surface area contributed by atoms with Crippen LogP contribution in [-0.4, -0.2) is 29.8 Å². The lowest BCUT2D eigenvalue weighted by Gasteiger charge is -2.17. The van der Waals surface area contributed by atoms with Crippen LogP contribution in [0.2, 0.25) is 0 Å². The monoisotopic (exact) mass is 345 g/mol. The van der Waals surface area contributed by atoms with Crippen LogP contribution in [0.25, 0.3) is 0 Å². The largest absolute Gasteiger partial charge is 0.352 e. The molecule has 3 amide bonds. The third kappa shape index (κ3) is 7.32. The summed E-state index contributed by atoms with van der Waals surface area (Å²) in [5, 5.41) is 7.83. The lowest BCUT2D eigenvalue weighted by atomic mass is 10.2. The van der Waals surface area contributed by atoms with Gasteiger partial charge in [0.05, 0.1) is 0 Å². The third-order valence-corrected chi connectivity index (χ3v) is 3.80. The molecule has 0 aliphatic rings. The molecule has 23 heavy (non-hydrogen) atoms. The van der Waals surface area contributed by atoms with E-state index in [4.69, 9.17) is 0 Å². The van der Waals surface area contributed by atoms with E-state index in [1.54, 1.807) is 6.92 Å². The van der Waals surface area contributed by atoms with Crippen molar-refractivity contribution in [2.24, 2.45) is 0 Å². The first-order chi connectivity index (χ1) is 10.8. The van der Waals surface area contributed by atoms with Gasteiger partial charge < -0.3 is 16.0 Å². The molecule has 1 aromatic carbocycles. The van der Waals surface area contributed by atoms with E-state index in [2.05, 4.69) is 16.0 Å². The second-order valence-electron chi connectivity index (χ2n) is 5.04. The maximum absolute atomic E-state index is 12.2. The molecule has 0 aromatic heterocycles. The average molecular weight is 345 g/mol. The predicted octanol–water partition coefficient (Wildman–Crippen LogP) is 3.43. The summed E-state index contributed by atoms with van der Waals surface area (Å²) >= 11 is 0.434. The van der Waals surface area contributed by atoms with Crippen molar-refractivity contribution in [2.45, 2.75) is 49.9 Å². The van der Waals surface area contributed by atoms with E-state index in [-0.39, 0.29) is 11.9 Å². The highest BCUT2D eigenvalue weighted by molar-refractivity contribution is 7.99. The first-order valence-corrected chi connectivity index (χ1v) is 8.12. The standard InChI is InChI=1S/C15H21F2N3O2S/c1-4-9(2)18-13(21)10(3)19-15(22)20-11-5-7-12(8-6-11)23-14(16)17/h5-10,14H,4H2,1-3H3,(H,18,21)(H2,19,20,22)/t9-,10-/m1/s1. The van der Waals surface area contributed by atoms with Gasteiger partial charge in [-0.05, 0) is 44.5 Å². The smallest absolute Gasteiger partial charge is 0.319 e. The lowest BCUT2D eigenvalue weighted by Crippen LogP contribution is -2.48. The number of hydrogen-bond acceptors (Lipinski definition) is 3. The second kappa shape index (κ2) is 9.34. The number of halogens is 2. The molecule has 128 valence electrons. The number of anilines is 1. The number of benzene rings is 1. The molecule has 2 atom stereocenters. The zero-order valence-corrected chi connectivity index (χ0v) is 14.0. The lowest BCUT2D eigenvalue weighted by molar-refractivity contribution is -0.123. The molecular formula is C15H21F2N3O2S. The molecule has 0 radical (unpaired) electrons. The van der Waals surface area contributed by atoms with Crippen molar-refractivity contribution in [3.8, 4) is 0 Å². The zero-order chi connectivity index (χ0) is 17.4. The van der Waals surface area contributed by atoms with E-state index in [0.717, 1.165) is 6.42 Å². The number of amides is 3. The first kappa shape index (κ1) is 19.2. The normalized spacial score (nSPS) is 13.3. The van der Waals surface area contributed by atoms with Crippen LogP contribution in [0.3, 0.4) is 0 Å². The van der Waals surface area contributed by atoms with E-state index < -0.39 is 17.8 Å². The summed E-state index contributed by atoms with van der Waals surface area (Å²) < 4.78 is 24.4. The van der Waals surface area contributed by atoms with Crippen molar-refractivity contribution in [3.05, 3.63) is 24.3 Å². The Kier molecular flexibility index (Phi) is 7.80. The Labute approximate surface area is 138 Å². The number of nitrogens with one attached hydrogen (secondary N) is 3. The van der Waals surface area contributed by atoms with Crippen LogP contribution < -0.4 is 16.0 Å². The van der Waals surface area contributed by atoms with E-state index in [0.29, 0.717) is 22.3 Å². The number of carbonyl (C=O) groups is 2. The maximum atomic E-state index is 12.2. The minimum absolute atomic E-state index is 0.0368. The van der Waals surface area contributed by atoms with Crippen LogP contribution in [0.1, 0.15) is 27.2 Å². The highest BCUT2D eigenvalue weighted by Gasteiger charge is 2.16. The van der Waals surface area contributed by atoms with E-state index in [9.17, 15) is 18.4 Å². The molecule has 1 rings (SSSR count). The molecule has 0 fully saturated rings. The van der Waals surface area contributed by atoms with Crippen molar-refractivity contribution in [3.63, 3.8) is 0 Å². The van der Waals surface area contributed by atoms with Crippen LogP contribution in [0.15, 0.2) is 29.2 Å². The molecule has 3 N–H and O–H groups in total. The molecule has 8 heteroatoms. The SMILES string of the molecule is CC[C@@H](C)NC(=O)[C@@H](C)NC(=O)Nc1ccc(SC(F)F)cc1. The first-order valence-electron chi connectivity index (χ1n) is 7.24. The molecular weight excluding hydrogens is 324 g/mol. The summed E-state index contributed by atoms with van der Waals surface area (Å²) in [4.78, 5) is 24.0. The van der Waals surface area contributed by atoms with Crippen molar-refractivity contribution < 1.29 is 18.4 Å². The summed E-state index contributed by atoms with van der Waals surface area (Å²) in [5.74, 6) is -2.75. The van der Waals surface area contributed by atoms with Crippen LogP contribution in [0, 0.1) is 0 Å². The third-order valence-electron chi connectivity index (χ3n) is 3.08. The zero-order valence-electron chi connectivity index (χ0n) is 13.2. The van der Waals surface area contributed by atoms with Gasteiger partial charge in [-0.25, -0.2) is 4.79 Å². The number of rotatable bonds is 7. The molecule has 0 aliphatic carbocycles. The van der Waals surface area contributed by atoms with Crippen LogP contribution in [-0.2, 0) is 4.79 Å². The molecule has 0 unspecified atom stereocenters. The van der Waals surface area contributed by atoms with Gasteiger partial charge >= 0.3 is 6.03 Å². The summed E-state index contributed by atoms with van der Waals surface area (Å²) in [7, 11) is 0. The fraction of sp³-hybridized carbons (Fsp3) is 0.467. The van der Waals surface area contributed by atoms with Crippen molar-refractivity contribution in [1.29, 1.82) is 0 Å².